The van der Waals surface area contributed by atoms with Gasteiger partial charge in [-0.3, -0.25) is 4.72 Å². The van der Waals surface area contributed by atoms with E-state index in [1.807, 2.05) is 19.9 Å². The summed E-state index contributed by atoms with van der Waals surface area (Å²) in [6.45, 7) is 7.84. The van der Waals surface area contributed by atoms with E-state index in [1.54, 1.807) is 0 Å². The quantitative estimate of drug-likeness (QED) is 0.815. The van der Waals surface area contributed by atoms with Gasteiger partial charge >= 0.3 is 5.97 Å². The van der Waals surface area contributed by atoms with Gasteiger partial charge in [0.15, 0.2) is 0 Å². The van der Waals surface area contributed by atoms with Crippen LogP contribution in [0.3, 0.4) is 0 Å². The van der Waals surface area contributed by atoms with Gasteiger partial charge in [0, 0.05) is 18.8 Å². The number of nitrogens with zero attached hydrogens (tertiary/aromatic N) is 1. The van der Waals surface area contributed by atoms with Crippen molar-refractivity contribution in [1.82, 2.24) is 0 Å². The van der Waals surface area contributed by atoms with E-state index in [-0.39, 0.29) is 10.5 Å². The lowest BCUT2D eigenvalue weighted by molar-refractivity contribution is 0.0696. The number of benzene rings is 2. The first kappa shape index (κ1) is 19.2. The molecule has 0 atom stereocenters. The molecule has 6 nitrogen and oxygen atoms in total. The molecule has 0 aromatic heterocycles. The number of anilines is 2. The van der Waals surface area contributed by atoms with Gasteiger partial charge in [0.2, 0.25) is 0 Å². The molecule has 27 heavy (non-hydrogen) atoms. The van der Waals surface area contributed by atoms with Crippen LogP contribution in [0, 0.1) is 20.8 Å². The summed E-state index contributed by atoms with van der Waals surface area (Å²) in [4.78, 5) is 13.3. The van der Waals surface area contributed by atoms with Gasteiger partial charge in [-0.2, -0.15) is 0 Å². The molecule has 0 aliphatic carbocycles. The SMILES string of the molecule is Cc1cc(C)c(N2CCCC2)c(C)c1NS(=O)(=O)c1ccc(C(=O)O)cc1. The zero-order valence-corrected chi connectivity index (χ0v) is 16.6. The van der Waals surface area contributed by atoms with Crippen LogP contribution in [0.4, 0.5) is 11.4 Å². The average Bonchev–Trinajstić information content (AvgIpc) is 3.12. The third-order valence-electron chi connectivity index (χ3n) is 5.00. The lowest BCUT2D eigenvalue weighted by Crippen LogP contribution is -2.22. The Morgan fingerprint density at radius 3 is 2.19 bits per heavy atom. The highest BCUT2D eigenvalue weighted by Gasteiger charge is 2.23. The molecule has 2 aromatic carbocycles. The average molecular weight is 388 g/mol. The Bertz CT molecular complexity index is 976. The summed E-state index contributed by atoms with van der Waals surface area (Å²) >= 11 is 0. The molecule has 2 aromatic rings. The maximum absolute atomic E-state index is 12.8. The Kier molecular flexibility index (Phi) is 5.15. The summed E-state index contributed by atoms with van der Waals surface area (Å²) in [6.07, 6.45) is 2.29. The van der Waals surface area contributed by atoms with E-state index < -0.39 is 16.0 Å². The minimum Gasteiger partial charge on any atom is -0.478 e. The number of rotatable bonds is 5. The van der Waals surface area contributed by atoms with Gasteiger partial charge in [-0.25, -0.2) is 13.2 Å². The number of carboxylic acids is 1. The van der Waals surface area contributed by atoms with Crippen LogP contribution >= 0.6 is 0 Å². The van der Waals surface area contributed by atoms with Gasteiger partial charge in [-0.15, -0.1) is 0 Å². The summed E-state index contributed by atoms with van der Waals surface area (Å²) in [5.41, 5.74) is 4.65. The van der Waals surface area contributed by atoms with Crippen LogP contribution in [0.25, 0.3) is 0 Å². The molecule has 0 bridgehead atoms. The molecule has 1 aliphatic heterocycles. The zero-order chi connectivity index (χ0) is 19.8. The molecule has 2 N–H and O–H groups in total. The molecule has 0 saturated carbocycles. The maximum Gasteiger partial charge on any atom is 0.335 e. The Hall–Kier alpha value is -2.54. The second kappa shape index (κ2) is 7.23. The first-order valence-electron chi connectivity index (χ1n) is 8.92. The van der Waals surface area contributed by atoms with Crippen LogP contribution in [-0.2, 0) is 10.0 Å². The van der Waals surface area contributed by atoms with E-state index in [4.69, 9.17) is 5.11 Å². The fourth-order valence-electron chi connectivity index (χ4n) is 3.73. The largest absolute Gasteiger partial charge is 0.478 e. The van der Waals surface area contributed by atoms with Crippen LogP contribution in [-0.4, -0.2) is 32.6 Å². The first-order valence-corrected chi connectivity index (χ1v) is 10.4. The maximum atomic E-state index is 12.8. The third-order valence-corrected chi connectivity index (χ3v) is 6.37. The van der Waals surface area contributed by atoms with Gasteiger partial charge in [0.1, 0.15) is 0 Å². The van der Waals surface area contributed by atoms with Crippen molar-refractivity contribution in [3.63, 3.8) is 0 Å². The van der Waals surface area contributed by atoms with E-state index in [9.17, 15) is 13.2 Å². The van der Waals surface area contributed by atoms with E-state index >= 15 is 0 Å². The van der Waals surface area contributed by atoms with Crippen molar-refractivity contribution in [3.05, 3.63) is 52.6 Å². The second-order valence-electron chi connectivity index (χ2n) is 6.99. The smallest absolute Gasteiger partial charge is 0.335 e. The molecule has 7 heteroatoms. The Balaban J connectivity index is 1.98. The van der Waals surface area contributed by atoms with E-state index in [0.717, 1.165) is 48.3 Å². The van der Waals surface area contributed by atoms with Crippen molar-refractivity contribution >= 4 is 27.4 Å². The monoisotopic (exact) mass is 388 g/mol. The van der Waals surface area contributed by atoms with Gasteiger partial charge < -0.3 is 10.0 Å². The standard InChI is InChI=1S/C20H24N2O4S/c1-13-12-14(2)19(22-10-4-5-11-22)15(3)18(13)21-27(25,26)17-8-6-16(7-9-17)20(23)24/h6-9,12,21H,4-5,10-11H2,1-3H3,(H,23,24). The number of hydrogen-bond acceptors (Lipinski definition) is 4. The molecule has 1 heterocycles. The van der Waals surface area contributed by atoms with Crippen molar-refractivity contribution in [2.24, 2.45) is 0 Å². The number of carbonyl (C=O) groups is 1. The molecule has 1 fully saturated rings. The first-order chi connectivity index (χ1) is 12.7. The summed E-state index contributed by atoms with van der Waals surface area (Å²) in [6, 6.07) is 7.22. The summed E-state index contributed by atoms with van der Waals surface area (Å²) in [5, 5.41) is 8.98. The van der Waals surface area contributed by atoms with Crippen molar-refractivity contribution in [2.75, 3.05) is 22.7 Å². The van der Waals surface area contributed by atoms with Crippen LogP contribution in [0.2, 0.25) is 0 Å². The lowest BCUT2D eigenvalue weighted by atomic mass is 10.0. The highest BCUT2D eigenvalue weighted by molar-refractivity contribution is 7.92. The molecular formula is C20H24N2O4S. The highest BCUT2D eigenvalue weighted by atomic mass is 32.2. The van der Waals surface area contributed by atoms with Gasteiger partial charge in [-0.1, -0.05) is 6.07 Å². The fraction of sp³-hybridized carbons (Fsp3) is 0.350. The minimum atomic E-state index is -3.82. The molecule has 3 rings (SSSR count). The Morgan fingerprint density at radius 2 is 1.63 bits per heavy atom. The minimum absolute atomic E-state index is 0.0367. The molecule has 1 saturated heterocycles. The molecule has 144 valence electrons. The van der Waals surface area contributed by atoms with Crippen LogP contribution < -0.4 is 9.62 Å². The molecule has 0 amide bonds. The van der Waals surface area contributed by atoms with Crippen LogP contribution in [0.5, 0.6) is 0 Å². The zero-order valence-electron chi connectivity index (χ0n) is 15.7. The summed E-state index contributed by atoms with van der Waals surface area (Å²) in [7, 11) is -3.82. The van der Waals surface area contributed by atoms with Gasteiger partial charge in [0.25, 0.3) is 10.0 Å². The number of aryl methyl sites for hydroxylation is 2. The molecule has 0 unspecified atom stereocenters. The summed E-state index contributed by atoms with van der Waals surface area (Å²) in [5.74, 6) is -1.09. The van der Waals surface area contributed by atoms with E-state index in [1.165, 1.54) is 24.3 Å². The van der Waals surface area contributed by atoms with Crippen molar-refractivity contribution in [1.29, 1.82) is 0 Å². The van der Waals surface area contributed by atoms with E-state index in [0.29, 0.717) is 5.69 Å². The van der Waals surface area contributed by atoms with Gasteiger partial charge in [0.05, 0.1) is 16.1 Å². The number of sulfonamides is 1. The third kappa shape index (κ3) is 3.78. The van der Waals surface area contributed by atoms with Crippen LogP contribution in [0.15, 0.2) is 35.2 Å². The van der Waals surface area contributed by atoms with Crippen molar-refractivity contribution < 1.29 is 18.3 Å². The topological polar surface area (TPSA) is 86.7 Å². The number of carboxylic acid groups (broad SMARTS) is 1. The molecule has 0 spiro atoms. The summed E-state index contributed by atoms with van der Waals surface area (Å²) < 4.78 is 28.4. The number of aromatic carboxylic acids is 1. The highest BCUT2D eigenvalue weighted by Crippen LogP contribution is 2.36. The van der Waals surface area contributed by atoms with Crippen molar-refractivity contribution in [3.8, 4) is 0 Å². The normalized spacial score (nSPS) is 14.4. The molecule has 0 radical (unpaired) electrons. The molecular weight excluding hydrogens is 364 g/mol. The van der Waals surface area contributed by atoms with E-state index in [2.05, 4.69) is 16.5 Å². The number of hydrogen-bond donors (Lipinski definition) is 2. The predicted octanol–water partition coefficient (Wildman–Crippen LogP) is 3.71. The Morgan fingerprint density at radius 1 is 1.04 bits per heavy atom. The number of nitrogens with one attached hydrogen (secondary N) is 1. The second-order valence-corrected chi connectivity index (χ2v) is 8.67. The fourth-order valence-corrected chi connectivity index (χ4v) is 4.92. The van der Waals surface area contributed by atoms with Crippen molar-refractivity contribution in [2.45, 2.75) is 38.5 Å². The van der Waals surface area contributed by atoms with Gasteiger partial charge in [-0.05, 0) is 74.6 Å². The predicted molar refractivity (Wildman–Crippen MR) is 106 cm³/mol. The van der Waals surface area contributed by atoms with Crippen LogP contribution in [0.1, 0.15) is 39.9 Å². The lowest BCUT2D eigenvalue weighted by Gasteiger charge is -2.26. The molecule has 1 aliphatic rings. The Labute approximate surface area is 159 Å².